The molecular weight excluding hydrogens is 252 g/mol. The van der Waals surface area contributed by atoms with Crippen LogP contribution in [0.3, 0.4) is 0 Å². The predicted molar refractivity (Wildman–Crippen MR) is 84.6 cm³/mol. The zero-order valence-electron chi connectivity index (χ0n) is 12.4. The van der Waals surface area contributed by atoms with E-state index >= 15 is 0 Å². The summed E-state index contributed by atoms with van der Waals surface area (Å²) in [5.41, 5.74) is 1.52. The molecule has 0 saturated carbocycles. The monoisotopic (exact) mass is 278 g/mol. The van der Waals surface area contributed by atoms with Gasteiger partial charge in [0, 0.05) is 35.9 Å². The first kappa shape index (κ1) is 14.8. The number of hydrogen-bond donors (Lipinski definition) is 1. The lowest BCUT2D eigenvalue weighted by Gasteiger charge is -2.22. The first-order chi connectivity index (χ1) is 9.15. The van der Waals surface area contributed by atoms with Gasteiger partial charge < -0.3 is 5.32 Å². The van der Waals surface area contributed by atoms with Gasteiger partial charge in [-0.15, -0.1) is 11.3 Å². The number of rotatable bonds is 6. The summed E-state index contributed by atoms with van der Waals surface area (Å²) in [6.45, 7) is 12.3. The van der Waals surface area contributed by atoms with Crippen LogP contribution in [0.4, 0.5) is 0 Å². The summed E-state index contributed by atoms with van der Waals surface area (Å²) in [6.07, 6.45) is 5.78. The number of hydrogen-bond acceptors (Lipinski definition) is 3. The minimum atomic E-state index is 0.723. The molecule has 1 aliphatic heterocycles. The van der Waals surface area contributed by atoms with Gasteiger partial charge in [-0.2, -0.15) is 0 Å². The highest BCUT2D eigenvalue weighted by Gasteiger charge is 2.11. The van der Waals surface area contributed by atoms with Crippen molar-refractivity contribution in [2.24, 2.45) is 5.92 Å². The van der Waals surface area contributed by atoms with Crippen molar-refractivity contribution in [2.75, 3.05) is 19.6 Å². The number of nitrogens with zero attached hydrogens (tertiary/aromatic N) is 1. The van der Waals surface area contributed by atoms with E-state index in [0.29, 0.717) is 0 Å². The first-order valence-electron chi connectivity index (χ1n) is 7.31. The molecule has 0 radical (unpaired) electrons. The second-order valence-corrected chi connectivity index (χ2v) is 7.15. The van der Waals surface area contributed by atoms with Gasteiger partial charge >= 0.3 is 0 Å². The maximum atomic E-state index is 3.53. The first-order valence-corrected chi connectivity index (χ1v) is 8.13. The van der Waals surface area contributed by atoms with Crippen LogP contribution in [0.25, 0.3) is 0 Å². The number of aryl methyl sites for hydroxylation is 1. The maximum Gasteiger partial charge on any atom is 0.0300 e. The van der Waals surface area contributed by atoms with Crippen molar-refractivity contribution < 1.29 is 0 Å². The normalized spacial score (nSPS) is 16.4. The highest BCUT2D eigenvalue weighted by Crippen LogP contribution is 2.23. The van der Waals surface area contributed by atoms with E-state index in [1.54, 1.807) is 0 Å². The molecule has 1 aliphatic rings. The molecule has 0 unspecified atom stereocenters. The van der Waals surface area contributed by atoms with Crippen LogP contribution in [-0.4, -0.2) is 24.5 Å². The van der Waals surface area contributed by atoms with Crippen molar-refractivity contribution in [3.8, 4) is 0 Å². The van der Waals surface area contributed by atoms with Gasteiger partial charge in [0.05, 0.1) is 0 Å². The minimum absolute atomic E-state index is 0.723. The van der Waals surface area contributed by atoms with Crippen molar-refractivity contribution >= 4 is 11.3 Å². The van der Waals surface area contributed by atoms with Gasteiger partial charge in [0.15, 0.2) is 0 Å². The van der Waals surface area contributed by atoms with E-state index in [1.165, 1.54) is 28.3 Å². The second-order valence-electron chi connectivity index (χ2n) is 5.81. The summed E-state index contributed by atoms with van der Waals surface area (Å²) < 4.78 is 0. The van der Waals surface area contributed by atoms with Crippen LogP contribution in [0, 0.1) is 12.8 Å². The molecule has 0 aliphatic carbocycles. The van der Waals surface area contributed by atoms with Gasteiger partial charge in [0.2, 0.25) is 0 Å². The van der Waals surface area contributed by atoms with E-state index in [1.807, 2.05) is 11.3 Å². The van der Waals surface area contributed by atoms with Crippen molar-refractivity contribution in [3.63, 3.8) is 0 Å². The van der Waals surface area contributed by atoms with Crippen molar-refractivity contribution in [1.29, 1.82) is 0 Å². The fourth-order valence-electron chi connectivity index (χ4n) is 2.39. The molecule has 2 rings (SSSR count). The Morgan fingerprint density at radius 1 is 1.37 bits per heavy atom. The maximum absolute atomic E-state index is 3.53. The highest BCUT2D eigenvalue weighted by molar-refractivity contribution is 7.12. The second kappa shape index (κ2) is 7.22. The molecule has 19 heavy (non-hydrogen) atoms. The highest BCUT2D eigenvalue weighted by atomic mass is 32.1. The fraction of sp³-hybridized carbons (Fsp3) is 0.625. The molecule has 0 amide bonds. The SMILES string of the molecule is Cc1sc(CNCC(C)C)cc1CN1CC=CCC1. The van der Waals surface area contributed by atoms with Crippen LogP contribution in [0.15, 0.2) is 18.2 Å². The van der Waals surface area contributed by atoms with Crippen molar-refractivity contribution in [2.45, 2.75) is 40.3 Å². The molecule has 0 saturated heterocycles. The molecule has 2 heterocycles. The summed E-state index contributed by atoms with van der Waals surface area (Å²) >= 11 is 1.95. The van der Waals surface area contributed by atoms with E-state index in [4.69, 9.17) is 0 Å². The lowest BCUT2D eigenvalue weighted by Crippen LogP contribution is -2.26. The van der Waals surface area contributed by atoms with E-state index in [-0.39, 0.29) is 0 Å². The molecular formula is C16H26N2S. The van der Waals surface area contributed by atoms with Gasteiger partial charge in [-0.1, -0.05) is 26.0 Å². The Balaban J connectivity index is 1.87. The average Bonchev–Trinajstić information content (AvgIpc) is 2.71. The van der Waals surface area contributed by atoms with Gasteiger partial charge in [-0.25, -0.2) is 0 Å². The van der Waals surface area contributed by atoms with E-state index in [2.05, 4.69) is 49.2 Å². The molecule has 0 bridgehead atoms. The lowest BCUT2D eigenvalue weighted by atomic mass is 10.2. The van der Waals surface area contributed by atoms with Crippen LogP contribution >= 0.6 is 11.3 Å². The standard InChI is InChI=1S/C16H26N2S/c1-13(2)10-17-11-16-9-15(14(3)19-16)12-18-7-5-4-6-8-18/h4-5,9,13,17H,6-8,10-12H2,1-3H3. The van der Waals surface area contributed by atoms with Crippen LogP contribution < -0.4 is 5.32 Å². The summed E-state index contributed by atoms with van der Waals surface area (Å²) in [5, 5.41) is 3.53. The quantitative estimate of drug-likeness (QED) is 0.800. The van der Waals surface area contributed by atoms with Gasteiger partial charge in [0.1, 0.15) is 0 Å². The molecule has 3 heteroatoms. The Bertz CT molecular complexity index is 420. The molecule has 0 aromatic carbocycles. The van der Waals surface area contributed by atoms with Gasteiger partial charge in [-0.3, -0.25) is 4.90 Å². The molecule has 106 valence electrons. The molecule has 1 aromatic rings. The third-order valence-electron chi connectivity index (χ3n) is 3.46. The fourth-order valence-corrected chi connectivity index (χ4v) is 3.41. The molecule has 1 N–H and O–H groups in total. The lowest BCUT2D eigenvalue weighted by molar-refractivity contribution is 0.290. The van der Waals surface area contributed by atoms with E-state index in [0.717, 1.165) is 32.1 Å². The number of thiophene rings is 1. The minimum Gasteiger partial charge on any atom is -0.312 e. The van der Waals surface area contributed by atoms with Crippen LogP contribution in [0.5, 0.6) is 0 Å². The van der Waals surface area contributed by atoms with Gasteiger partial charge in [-0.05, 0) is 37.4 Å². The summed E-state index contributed by atoms with van der Waals surface area (Å²) in [6, 6.07) is 2.39. The zero-order chi connectivity index (χ0) is 13.7. The zero-order valence-corrected chi connectivity index (χ0v) is 13.2. The Morgan fingerprint density at radius 3 is 2.89 bits per heavy atom. The Kier molecular flexibility index (Phi) is 5.61. The average molecular weight is 278 g/mol. The van der Waals surface area contributed by atoms with Crippen molar-refractivity contribution in [1.82, 2.24) is 10.2 Å². The molecule has 0 atom stereocenters. The van der Waals surface area contributed by atoms with E-state index in [9.17, 15) is 0 Å². The third-order valence-corrected chi connectivity index (χ3v) is 4.55. The van der Waals surface area contributed by atoms with Crippen LogP contribution in [-0.2, 0) is 13.1 Å². The summed E-state index contributed by atoms with van der Waals surface area (Å²) in [7, 11) is 0. The summed E-state index contributed by atoms with van der Waals surface area (Å²) in [5.74, 6) is 0.723. The van der Waals surface area contributed by atoms with Crippen LogP contribution in [0.2, 0.25) is 0 Å². The molecule has 0 fully saturated rings. The molecule has 2 nitrogen and oxygen atoms in total. The van der Waals surface area contributed by atoms with E-state index < -0.39 is 0 Å². The Morgan fingerprint density at radius 2 is 2.21 bits per heavy atom. The largest absolute Gasteiger partial charge is 0.312 e. The number of nitrogens with one attached hydrogen (secondary N) is 1. The Labute approximate surface area is 121 Å². The predicted octanol–water partition coefficient (Wildman–Crippen LogP) is 3.56. The smallest absolute Gasteiger partial charge is 0.0300 e. The third kappa shape index (κ3) is 4.75. The molecule has 1 aromatic heterocycles. The van der Waals surface area contributed by atoms with Gasteiger partial charge in [0.25, 0.3) is 0 Å². The summed E-state index contributed by atoms with van der Waals surface area (Å²) in [4.78, 5) is 5.48. The molecule has 0 spiro atoms. The van der Waals surface area contributed by atoms with Crippen molar-refractivity contribution in [3.05, 3.63) is 33.5 Å². The topological polar surface area (TPSA) is 15.3 Å². The van der Waals surface area contributed by atoms with Crippen LogP contribution in [0.1, 0.15) is 35.6 Å². The Hall–Kier alpha value is -0.640.